The Labute approximate surface area is 98.0 Å². The van der Waals surface area contributed by atoms with Gasteiger partial charge in [-0.25, -0.2) is 4.79 Å². The second kappa shape index (κ2) is 5.32. The number of halogens is 1. The summed E-state index contributed by atoms with van der Waals surface area (Å²) in [4.78, 5) is 25.8. The van der Waals surface area contributed by atoms with Gasteiger partial charge in [-0.2, -0.15) is 0 Å². The summed E-state index contributed by atoms with van der Waals surface area (Å²) in [5, 5.41) is 0.0925. The van der Waals surface area contributed by atoms with Crippen molar-refractivity contribution in [2.75, 3.05) is 13.2 Å². The lowest BCUT2D eigenvalue weighted by Crippen LogP contribution is -2.39. The molecular weight excluding hydrogens is 232 g/mol. The molecule has 1 unspecified atom stereocenters. The summed E-state index contributed by atoms with van der Waals surface area (Å²) < 4.78 is 6.31. The predicted octanol–water partition coefficient (Wildman–Crippen LogP) is 1.10. The van der Waals surface area contributed by atoms with E-state index in [9.17, 15) is 9.59 Å². The summed E-state index contributed by atoms with van der Waals surface area (Å²) in [5.74, 6) is 0. The molecule has 0 fully saturated rings. The zero-order valence-corrected chi connectivity index (χ0v) is 10.3. The minimum absolute atomic E-state index is 0.0925. The lowest BCUT2D eigenvalue weighted by molar-refractivity contribution is 0.116. The molecule has 1 aromatic rings. The van der Waals surface area contributed by atoms with Crippen LogP contribution in [0.2, 0.25) is 5.15 Å². The van der Waals surface area contributed by atoms with Crippen molar-refractivity contribution >= 4 is 11.6 Å². The van der Waals surface area contributed by atoms with E-state index in [1.165, 1.54) is 0 Å². The lowest BCUT2D eigenvalue weighted by Gasteiger charge is -2.14. The second-order valence-electron chi connectivity index (χ2n) is 3.55. The number of hydrogen-bond acceptors (Lipinski definition) is 3. The third kappa shape index (κ3) is 2.54. The van der Waals surface area contributed by atoms with E-state index in [1.807, 2.05) is 6.92 Å². The van der Waals surface area contributed by atoms with Crippen molar-refractivity contribution in [3.05, 3.63) is 31.6 Å². The molecule has 0 aliphatic rings. The van der Waals surface area contributed by atoms with Gasteiger partial charge in [0.05, 0.1) is 12.6 Å². The summed E-state index contributed by atoms with van der Waals surface area (Å²) in [6.45, 7) is 6.04. The molecule has 5 nitrogen and oxygen atoms in total. The van der Waals surface area contributed by atoms with Crippen LogP contribution < -0.4 is 11.2 Å². The van der Waals surface area contributed by atoms with Gasteiger partial charge in [-0.15, -0.1) is 0 Å². The Morgan fingerprint density at radius 1 is 1.50 bits per heavy atom. The normalized spacial score (nSPS) is 12.8. The van der Waals surface area contributed by atoms with Crippen LogP contribution in [0.1, 0.15) is 25.5 Å². The van der Waals surface area contributed by atoms with Crippen LogP contribution in [-0.4, -0.2) is 22.8 Å². The quantitative estimate of drug-likeness (QED) is 0.809. The summed E-state index contributed by atoms with van der Waals surface area (Å²) >= 11 is 5.70. The first kappa shape index (κ1) is 13.0. The number of H-pyrrole nitrogens is 1. The highest BCUT2D eigenvalue weighted by Gasteiger charge is 2.14. The van der Waals surface area contributed by atoms with Crippen molar-refractivity contribution in [2.45, 2.75) is 26.8 Å². The SMILES string of the molecule is CCOCC(C)n1c(=O)[nH]c(Cl)c(C)c1=O. The molecule has 0 saturated heterocycles. The van der Waals surface area contributed by atoms with Gasteiger partial charge in [0, 0.05) is 12.2 Å². The van der Waals surface area contributed by atoms with E-state index in [2.05, 4.69) is 4.98 Å². The van der Waals surface area contributed by atoms with Crippen LogP contribution in [0, 0.1) is 6.92 Å². The molecule has 1 N–H and O–H groups in total. The monoisotopic (exact) mass is 246 g/mol. The molecule has 16 heavy (non-hydrogen) atoms. The minimum atomic E-state index is -0.507. The van der Waals surface area contributed by atoms with E-state index in [1.54, 1.807) is 13.8 Å². The largest absolute Gasteiger partial charge is 0.380 e. The van der Waals surface area contributed by atoms with Crippen molar-refractivity contribution in [2.24, 2.45) is 0 Å². The number of nitrogens with zero attached hydrogens (tertiary/aromatic N) is 1. The van der Waals surface area contributed by atoms with Gasteiger partial charge < -0.3 is 4.74 Å². The molecule has 0 radical (unpaired) electrons. The highest BCUT2D eigenvalue weighted by Crippen LogP contribution is 2.06. The summed E-state index contributed by atoms with van der Waals surface area (Å²) in [5.41, 5.74) is -0.543. The van der Waals surface area contributed by atoms with Crippen LogP contribution in [0.4, 0.5) is 0 Å². The average Bonchev–Trinajstić information content (AvgIpc) is 2.23. The van der Waals surface area contributed by atoms with E-state index < -0.39 is 5.69 Å². The molecule has 0 aliphatic heterocycles. The molecule has 1 aromatic heterocycles. The minimum Gasteiger partial charge on any atom is -0.380 e. The van der Waals surface area contributed by atoms with E-state index in [0.29, 0.717) is 18.8 Å². The van der Waals surface area contributed by atoms with Crippen LogP contribution in [0.5, 0.6) is 0 Å². The molecule has 0 spiro atoms. The number of aromatic nitrogens is 2. The Morgan fingerprint density at radius 3 is 2.69 bits per heavy atom. The predicted molar refractivity (Wildman–Crippen MR) is 62.3 cm³/mol. The lowest BCUT2D eigenvalue weighted by atomic mass is 10.3. The Kier molecular flexibility index (Phi) is 4.32. The molecule has 0 amide bonds. The van der Waals surface area contributed by atoms with Crippen LogP contribution >= 0.6 is 11.6 Å². The number of rotatable bonds is 4. The van der Waals surface area contributed by atoms with E-state index >= 15 is 0 Å². The Hall–Kier alpha value is -1.07. The third-order valence-corrected chi connectivity index (χ3v) is 2.69. The maximum atomic E-state index is 11.8. The summed E-state index contributed by atoms with van der Waals surface area (Å²) in [6.07, 6.45) is 0. The maximum Gasteiger partial charge on any atom is 0.329 e. The molecular formula is C10H15ClN2O3. The number of aromatic amines is 1. The zero-order chi connectivity index (χ0) is 12.3. The van der Waals surface area contributed by atoms with Gasteiger partial charge in [-0.1, -0.05) is 11.6 Å². The Morgan fingerprint density at radius 2 is 2.12 bits per heavy atom. The molecule has 1 rings (SSSR count). The van der Waals surface area contributed by atoms with Crippen molar-refractivity contribution < 1.29 is 4.74 Å². The highest BCUT2D eigenvalue weighted by molar-refractivity contribution is 6.30. The molecule has 6 heteroatoms. The maximum absolute atomic E-state index is 11.8. The highest BCUT2D eigenvalue weighted by atomic mass is 35.5. The van der Waals surface area contributed by atoms with Gasteiger partial charge in [0.25, 0.3) is 5.56 Å². The van der Waals surface area contributed by atoms with Crippen LogP contribution in [-0.2, 0) is 4.74 Å². The van der Waals surface area contributed by atoms with Crippen LogP contribution in [0.25, 0.3) is 0 Å². The number of nitrogens with one attached hydrogen (secondary N) is 1. The molecule has 0 aliphatic carbocycles. The molecule has 0 aromatic carbocycles. The first-order valence-corrected chi connectivity index (χ1v) is 5.45. The molecule has 0 saturated carbocycles. The first-order valence-electron chi connectivity index (χ1n) is 5.07. The van der Waals surface area contributed by atoms with Gasteiger partial charge >= 0.3 is 5.69 Å². The fourth-order valence-corrected chi connectivity index (χ4v) is 1.54. The molecule has 90 valence electrons. The average molecular weight is 247 g/mol. The summed E-state index contributed by atoms with van der Waals surface area (Å²) in [7, 11) is 0. The molecule has 0 bridgehead atoms. The van der Waals surface area contributed by atoms with Crippen molar-refractivity contribution in [1.29, 1.82) is 0 Å². The number of hydrogen-bond donors (Lipinski definition) is 1. The Bertz CT molecular complexity index is 478. The van der Waals surface area contributed by atoms with E-state index in [0.717, 1.165) is 4.57 Å². The standard InChI is InChI=1S/C10H15ClN2O3/c1-4-16-5-6(2)13-9(14)7(3)8(11)12-10(13)15/h6H,4-5H2,1-3H3,(H,12,15). The van der Waals surface area contributed by atoms with E-state index in [4.69, 9.17) is 16.3 Å². The third-order valence-electron chi connectivity index (χ3n) is 2.31. The van der Waals surface area contributed by atoms with Crippen molar-refractivity contribution in [3.8, 4) is 0 Å². The van der Waals surface area contributed by atoms with Gasteiger partial charge in [0.2, 0.25) is 0 Å². The first-order chi connectivity index (χ1) is 7.49. The Balaban J connectivity index is 3.19. The van der Waals surface area contributed by atoms with Gasteiger partial charge in [0.15, 0.2) is 0 Å². The fourth-order valence-electron chi connectivity index (χ4n) is 1.38. The molecule has 1 heterocycles. The van der Waals surface area contributed by atoms with Gasteiger partial charge in [-0.05, 0) is 20.8 Å². The fraction of sp³-hybridized carbons (Fsp3) is 0.600. The van der Waals surface area contributed by atoms with Crippen molar-refractivity contribution in [3.63, 3.8) is 0 Å². The second-order valence-corrected chi connectivity index (χ2v) is 3.93. The van der Waals surface area contributed by atoms with Crippen LogP contribution in [0.3, 0.4) is 0 Å². The smallest absolute Gasteiger partial charge is 0.329 e. The van der Waals surface area contributed by atoms with Crippen LogP contribution in [0.15, 0.2) is 9.59 Å². The number of ether oxygens (including phenoxy) is 1. The zero-order valence-electron chi connectivity index (χ0n) is 9.54. The summed E-state index contributed by atoms with van der Waals surface area (Å²) in [6, 6.07) is -0.313. The van der Waals surface area contributed by atoms with Gasteiger partial charge in [0.1, 0.15) is 5.15 Å². The topological polar surface area (TPSA) is 64.1 Å². The van der Waals surface area contributed by atoms with E-state index in [-0.39, 0.29) is 16.8 Å². The van der Waals surface area contributed by atoms with Crippen molar-refractivity contribution in [1.82, 2.24) is 9.55 Å². The van der Waals surface area contributed by atoms with Gasteiger partial charge in [-0.3, -0.25) is 14.3 Å². The molecule has 1 atom stereocenters.